The highest BCUT2D eigenvalue weighted by molar-refractivity contribution is 5.80. The summed E-state index contributed by atoms with van der Waals surface area (Å²) in [6, 6.07) is 0. The molecule has 0 aliphatic heterocycles. The molecular formula is C10H21N3O2. The van der Waals surface area contributed by atoms with Crippen LogP contribution in [0, 0.1) is 0 Å². The maximum absolute atomic E-state index is 11.2. The van der Waals surface area contributed by atoms with E-state index in [1.165, 1.54) is 0 Å². The van der Waals surface area contributed by atoms with Gasteiger partial charge in [-0.05, 0) is 19.9 Å². The zero-order chi connectivity index (χ0) is 11.5. The van der Waals surface area contributed by atoms with Crippen molar-refractivity contribution in [2.45, 2.75) is 26.7 Å². The molecular weight excluding hydrogens is 194 g/mol. The normalized spacial score (nSPS) is 9.73. The maximum atomic E-state index is 11.2. The van der Waals surface area contributed by atoms with Crippen molar-refractivity contribution in [1.29, 1.82) is 0 Å². The van der Waals surface area contributed by atoms with Crippen molar-refractivity contribution < 1.29 is 9.59 Å². The fraction of sp³-hybridized carbons (Fsp3) is 0.800. The Morgan fingerprint density at radius 2 is 1.73 bits per heavy atom. The minimum atomic E-state index is -0.0623. The third kappa shape index (κ3) is 9.21. The molecule has 2 amide bonds. The van der Waals surface area contributed by atoms with Crippen LogP contribution in [0.15, 0.2) is 0 Å². The largest absolute Gasteiger partial charge is 0.356 e. The third-order valence-corrected chi connectivity index (χ3v) is 1.76. The zero-order valence-corrected chi connectivity index (χ0v) is 9.56. The molecule has 0 aromatic rings. The smallest absolute Gasteiger partial charge is 0.233 e. The zero-order valence-electron chi connectivity index (χ0n) is 9.56. The van der Waals surface area contributed by atoms with Crippen molar-refractivity contribution in [3.05, 3.63) is 0 Å². The van der Waals surface area contributed by atoms with Gasteiger partial charge >= 0.3 is 0 Å². The fourth-order valence-corrected chi connectivity index (χ4v) is 1.04. The van der Waals surface area contributed by atoms with Gasteiger partial charge in [-0.15, -0.1) is 0 Å². The molecule has 0 spiro atoms. The van der Waals surface area contributed by atoms with Crippen LogP contribution in [0.3, 0.4) is 0 Å². The monoisotopic (exact) mass is 215 g/mol. The molecule has 88 valence electrons. The summed E-state index contributed by atoms with van der Waals surface area (Å²) in [6.07, 6.45) is 1.35. The van der Waals surface area contributed by atoms with Gasteiger partial charge in [-0.25, -0.2) is 0 Å². The minimum Gasteiger partial charge on any atom is -0.356 e. The molecule has 0 aromatic heterocycles. The van der Waals surface area contributed by atoms with E-state index in [-0.39, 0.29) is 11.8 Å². The number of carbonyl (C=O) groups is 2. The number of carbonyl (C=O) groups excluding carboxylic acids is 2. The first-order chi connectivity index (χ1) is 7.20. The average Bonchev–Trinajstić information content (AvgIpc) is 2.18. The Balaban J connectivity index is 3.34. The molecule has 5 nitrogen and oxygen atoms in total. The van der Waals surface area contributed by atoms with E-state index in [4.69, 9.17) is 0 Å². The molecule has 0 radical (unpaired) electrons. The lowest BCUT2D eigenvalue weighted by Gasteiger charge is -2.05. The summed E-state index contributed by atoms with van der Waals surface area (Å²) in [5.74, 6) is -0.0907. The van der Waals surface area contributed by atoms with Crippen molar-refractivity contribution in [3.63, 3.8) is 0 Å². The van der Waals surface area contributed by atoms with Gasteiger partial charge in [-0.3, -0.25) is 9.59 Å². The first-order valence-electron chi connectivity index (χ1n) is 5.44. The number of hydrogen-bond acceptors (Lipinski definition) is 3. The van der Waals surface area contributed by atoms with Crippen molar-refractivity contribution in [3.8, 4) is 0 Å². The molecule has 0 aliphatic carbocycles. The number of amides is 2. The van der Waals surface area contributed by atoms with Crippen LogP contribution in [-0.4, -0.2) is 38.0 Å². The molecule has 0 fully saturated rings. The fourth-order valence-electron chi connectivity index (χ4n) is 1.04. The number of rotatable bonds is 8. The van der Waals surface area contributed by atoms with E-state index in [0.717, 1.165) is 13.0 Å². The summed E-state index contributed by atoms with van der Waals surface area (Å²) in [6.45, 7) is 6.10. The lowest BCUT2D eigenvalue weighted by Crippen LogP contribution is -2.36. The Bertz CT molecular complexity index is 195. The SMILES string of the molecule is CCCNCC(=O)NCCC(=O)NCC. The second-order valence-corrected chi connectivity index (χ2v) is 3.23. The summed E-state index contributed by atoms with van der Waals surface area (Å²) >= 11 is 0. The van der Waals surface area contributed by atoms with Crippen LogP contribution in [-0.2, 0) is 9.59 Å². The topological polar surface area (TPSA) is 70.2 Å². The van der Waals surface area contributed by atoms with Gasteiger partial charge in [0, 0.05) is 19.5 Å². The van der Waals surface area contributed by atoms with Crippen LogP contribution in [0.4, 0.5) is 0 Å². The van der Waals surface area contributed by atoms with E-state index in [0.29, 0.717) is 26.1 Å². The Hall–Kier alpha value is -1.10. The lowest BCUT2D eigenvalue weighted by molar-refractivity contribution is -0.121. The van der Waals surface area contributed by atoms with E-state index in [2.05, 4.69) is 16.0 Å². The average molecular weight is 215 g/mol. The van der Waals surface area contributed by atoms with Crippen LogP contribution in [0.25, 0.3) is 0 Å². The molecule has 0 atom stereocenters. The van der Waals surface area contributed by atoms with Gasteiger partial charge in [-0.1, -0.05) is 6.92 Å². The molecule has 0 heterocycles. The Morgan fingerprint density at radius 1 is 1.00 bits per heavy atom. The summed E-state index contributed by atoms with van der Waals surface area (Å²) in [5.41, 5.74) is 0. The molecule has 3 N–H and O–H groups in total. The summed E-state index contributed by atoms with van der Waals surface area (Å²) in [7, 11) is 0. The van der Waals surface area contributed by atoms with Crippen LogP contribution < -0.4 is 16.0 Å². The first-order valence-corrected chi connectivity index (χ1v) is 5.44. The van der Waals surface area contributed by atoms with E-state index < -0.39 is 0 Å². The van der Waals surface area contributed by atoms with Gasteiger partial charge in [0.2, 0.25) is 11.8 Å². The Kier molecular flexibility index (Phi) is 8.76. The maximum Gasteiger partial charge on any atom is 0.233 e. The van der Waals surface area contributed by atoms with Crippen molar-refractivity contribution in [1.82, 2.24) is 16.0 Å². The summed E-state index contributed by atoms with van der Waals surface area (Å²) in [5, 5.41) is 8.32. The second kappa shape index (κ2) is 9.45. The van der Waals surface area contributed by atoms with Gasteiger partial charge < -0.3 is 16.0 Å². The van der Waals surface area contributed by atoms with Gasteiger partial charge in [0.25, 0.3) is 0 Å². The van der Waals surface area contributed by atoms with Gasteiger partial charge in [0.05, 0.1) is 6.54 Å². The van der Waals surface area contributed by atoms with Crippen molar-refractivity contribution >= 4 is 11.8 Å². The van der Waals surface area contributed by atoms with Gasteiger partial charge in [-0.2, -0.15) is 0 Å². The quantitative estimate of drug-likeness (QED) is 0.484. The van der Waals surface area contributed by atoms with Crippen molar-refractivity contribution in [2.24, 2.45) is 0 Å². The molecule has 0 aromatic carbocycles. The number of nitrogens with one attached hydrogen (secondary N) is 3. The Morgan fingerprint density at radius 3 is 2.33 bits per heavy atom. The predicted molar refractivity (Wildman–Crippen MR) is 59.5 cm³/mol. The molecule has 0 bridgehead atoms. The van der Waals surface area contributed by atoms with E-state index in [1.807, 2.05) is 13.8 Å². The van der Waals surface area contributed by atoms with Crippen molar-refractivity contribution in [2.75, 3.05) is 26.2 Å². The Labute approximate surface area is 91.0 Å². The molecule has 0 rings (SSSR count). The minimum absolute atomic E-state index is 0.0284. The van der Waals surface area contributed by atoms with E-state index in [9.17, 15) is 9.59 Å². The highest BCUT2D eigenvalue weighted by Crippen LogP contribution is 1.77. The second-order valence-electron chi connectivity index (χ2n) is 3.23. The summed E-state index contributed by atoms with van der Waals surface area (Å²) in [4.78, 5) is 22.2. The third-order valence-electron chi connectivity index (χ3n) is 1.76. The highest BCUT2D eigenvalue weighted by Gasteiger charge is 2.02. The number of hydrogen-bond donors (Lipinski definition) is 3. The van der Waals surface area contributed by atoms with Crippen LogP contribution in [0.1, 0.15) is 26.7 Å². The molecule has 5 heteroatoms. The highest BCUT2D eigenvalue weighted by atomic mass is 16.2. The standard InChI is InChI=1S/C10H21N3O2/c1-3-6-11-8-10(15)13-7-5-9(14)12-4-2/h11H,3-8H2,1-2H3,(H,12,14)(H,13,15). The molecule has 15 heavy (non-hydrogen) atoms. The molecule has 0 saturated carbocycles. The van der Waals surface area contributed by atoms with Gasteiger partial charge in [0.15, 0.2) is 0 Å². The van der Waals surface area contributed by atoms with Crippen LogP contribution in [0.2, 0.25) is 0 Å². The van der Waals surface area contributed by atoms with Crippen LogP contribution in [0.5, 0.6) is 0 Å². The van der Waals surface area contributed by atoms with Gasteiger partial charge in [0.1, 0.15) is 0 Å². The first kappa shape index (κ1) is 13.9. The van der Waals surface area contributed by atoms with Crippen LogP contribution >= 0.6 is 0 Å². The molecule has 0 unspecified atom stereocenters. The van der Waals surface area contributed by atoms with E-state index >= 15 is 0 Å². The molecule has 0 aliphatic rings. The van der Waals surface area contributed by atoms with E-state index in [1.54, 1.807) is 0 Å². The lowest BCUT2D eigenvalue weighted by atomic mass is 10.4. The summed E-state index contributed by atoms with van der Waals surface area (Å²) < 4.78 is 0. The molecule has 0 saturated heterocycles. The predicted octanol–water partition coefficient (Wildman–Crippen LogP) is -0.372.